The van der Waals surface area contributed by atoms with Crippen molar-refractivity contribution < 1.29 is 27.1 Å². The largest absolute Gasteiger partial charge is 0.444 e. The number of nitrogens with zero attached hydrogens (tertiary/aromatic N) is 1. The third kappa shape index (κ3) is 5.69. The molecule has 142 valence electrons. The highest BCUT2D eigenvalue weighted by molar-refractivity contribution is 7.16. The van der Waals surface area contributed by atoms with E-state index in [1.165, 1.54) is 0 Å². The predicted molar refractivity (Wildman–Crippen MR) is 90.9 cm³/mol. The van der Waals surface area contributed by atoms with Gasteiger partial charge in [0.2, 0.25) is 0 Å². The molecule has 1 amide bonds. The van der Waals surface area contributed by atoms with E-state index in [1.54, 1.807) is 27.7 Å². The average Bonchev–Trinajstić information content (AvgIpc) is 2.74. The second-order valence-corrected chi connectivity index (χ2v) is 7.76. The molecule has 0 aliphatic rings. The number of thiazole rings is 1. The van der Waals surface area contributed by atoms with Gasteiger partial charge in [-0.3, -0.25) is 5.32 Å². The molecule has 1 aromatic carbocycles. The summed E-state index contributed by atoms with van der Waals surface area (Å²) in [6.07, 6.45) is -5.26. The summed E-state index contributed by atoms with van der Waals surface area (Å²) in [6, 6.07) is 2.37. The first kappa shape index (κ1) is 20.2. The van der Waals surface area contributed by atoms with Gasteiger partial charge in [0, 0.05) is 6.42 Å². The standard InChI is InChI=1S/C17H18F4N2O2S/c1-9-14(23-15(24)25-16(2,3)4)26-13(22-9)7-10-5-11(17(19,20)21)8-12(18)6-10/h5-6,8H,7H2,1-4H3,(H,23,24). The zero-order valence-corrected chi connectivity index (χ0v) is 15.4. The zero-order chi connectivity index (χ0) is 19.7. The molecule has 1 heterocycles. The topological polar surface area (TPSA) is 51.2 Å². The number of anilines is 1. The number of halogens is 4. The van der Waals surface area contributed by atoms with Gasteiger partial charge in [0.25, 0.3) is 0 Å². The minimum absolute atomic E-state index is 0.0162. The normalized spacial score (nSPS) is 12.2. The van der Waals surface area contributed by atoms with E-state index in [0.29, 0.717) is 21.8 Å². The van der Waals surface area contributed by atoms with E-state index in [0.717, 1.165) is 23.5 Å². The van der Waals surface area contributed by atoms with Gasteiger partial charge in [-0.25, -0.2) is 14.2 Å². The molecule has 0 saturated heterocycles. The molecule has 0 atom stereocenters. The number of aryl methyl sites for hydroxylation is 1. The van der Waals surface area contributed by atoms with Crippen molar-refractivity contribution in [1.82, 2.24) is 4.98 Å². The fourth-order valence-corrected chi connectivity index (χ4v) is 3.12. The van der Waals surface area contributed by atoms with Gasteiger partial charge in [-0.05, 0) is 51.5 Å². The molecule has 0 bridgehead atoms. The smallest absolute Gasteiger partial charge is 0.416 e. The Kier molecular flexibility index (Phi) is 5.60. The number of ether oxygens (including phenoxy) is 1. The van der Waals surface area contributed by atoms with Crippen molar-refractivity contribution in [1.29, 1.82) is 0 Å². The highest BCUT2D eigenvalue weighted by Gasteiger charge is 2.31. The summed E-state index contributed by atoms with van der Waals surface area (Å²) in [6.45, 7) is 6.82. The molecule has 0 spiro atoms. The number of rotatable bonds is 3. The van der Waals surface area contributed by atoms with Gasteiger partial charge in [-0.1, -0.05) is 0 Å². The van der Waals surface area contributed by atoms with Crippen LogP contribution < -0.4 is 5.32 Å². The number of alkyl halides is 3. The van der Waals surface area contributed by atoms with E-state index in [2.05, 4.69) is 10.3 Å². The monoisotopic (exact) mass is 390 g/mol. The maximum atomic E-state index is 13.5. The number of carbonyl (C=O) groups is 1. The highest BCUT2D eigenvalue weighted by atomic mass is 32.1. The lowest BCUT2D eigenvalue weighted by atomic mass is 10.1. The number of amides is 1. The van der Waals surface area contributed by atoms with Crippen LogP contribution in [-0.4, -0.2) is 16.7 Å². The van der Waals surface area contributed by atoms with Crippen molar-refractivity contribution in [3.63, 3.8) is 0 Å². The first-order valence-corrected chi connectivity index (χ1v) is 8.48. The molecule has 9 heteroatoms. The van der Waals surface area contributed by atoms with Gasteiger partial charge in [0.15, 0.2) is 0 Å². The second-order valence-electron chi connectivity index (χ2n) is 6.67. The van der Waals surface area contributed by atoms with E-state index in [1.807, 2.05) is 0 Å². The summed E-state index contributed by atoms with van der Waals surface area (Å²) in [7, 11) is 0. The molecule has 4 nitrogen and oxygen atoms in total. The SMILES string of the molecule is Cc1nc(Cc2cc(F)cc(C(F)(F)F)c2)sc1NC(=O)OC(C)(C)C. The predicted octanol–water partition coefficient (Wildman–Crippen LogP) is 5.55. The van der Waals surface area contributed by atoms with E-state index >= 15 is 0 Å². The summed E-state index contributed by atoms with van der Waals surface area (Å²) < 4.78 is 57.0. The Labute approximate surface area is 152 Å². The molecular formula is C17H18F4N2O2S. The molecular weight excluding hydrogens is 372 g/mol. The summed E-state index contributed by atoms with van der Waals surface area (Å²) in [5.41, 5.74) is -1.06. The van der Waals surface area contributed by atoms with Crippen LogP contribution in [0.5, 0.6) is 0 Å². The molecule has 0 fully saturated rings. The number of aromatic nitrogens is 1. The van der Waals surface area contributed by atoms with Crippen LogP contribution in [-0.2, 0) is 17.3 Å². The number of hydrogen-bond acceptors (Lipinski definition) is 4. The van der Waals surface area contributed by atoms with Gasteiger partial charge < -0.3 is 4.74 Å². The summed E-state index contributed by atoms with van der Waals surface area (Å²) >= 11 is 1.10. The number of carbonyl (C=O) groups excluding carboxylic acids is 1. The maximum Gasteiger partial charge on any atom is 0.416 e. The fourth-order valence-electron chi connectivity index (χ4n) is 2.13. The highest BCUT2D eigenvalue weighted by Crippen LogP contribution is 2.32. The Morgan fingerprint density at radius 2 is 1.88 bits per heavy atom. The molecule has 0 radical (unpaired) electrons. The van der Waals surface area contributed by atoms with Crippen molar-refractivity contribution in [3.8, 4) is 0 Å². The molecule has 0 aliphatic heterocycles. The number of benzene rings is 1. The Bertz CT molecular complexity index is 810. The lowest BCUT2D eigenvalue weighted by Crippen LogP contribution is -2.27. The molecule has 0 unspecified atom stereocenters. The summed E-state index contributed by atoms with van der Waals surface area (Å²) in [5.74, 6) is -0.963. The Balaban J connectivity index is 2.17. The van der Waals surface area contributed by atoms with Gasteiger partial charge in [0.1, 0.15) is 16.4 Å². The molecule has 1 N–H and O–H groups in total. The number of hydrogen-bond donors (Lipinski definition) is 1. The van der Waals surface area contributed by atoms with Crippen LogP contribution in [0.25, 0.3) is 0 Å². The molecule has 0 aliphatic carbocycles. The van der Waals surface area contributed by atoms with E-state index in [4.69, 9.17) is 4.74 Å². The third-order valence-electron chi connectivity index (χ3n) is 3.10. The van der Waals surface area contributed by atoms with Gasteiger partial charge in [-0.15, -0.1) is 11.3 Å². The van der Waals surface area contributed by atoms with Crippen LogP contribution in [0.4, 0.5) is 27.4 Å². The van der Waals surface area contributed by atoms with Crippen molar-refractivity contribution in [2.24, 2.45) is 0 Å². The number of nitrogens with one attached hydrogen (secondary N) is 1. The molecule has 2 aromatic rings. The first-order valence-electron chi connectivity index (χ1n) is 7.66. The van der Waals surface area contributed by atoms with E-state index < -0.39 is 29.3 Å². The summed E-state index contributed by atoms with van der Waals surface area (Å²) in [4.78, 5) is 16.0. The quantitative estimate of drug-likeness (QED) is 0.700. The molecule has 2 rings (SSSR count). The van der Waals surface area contributed by atoms with Crippen LogP contribution in [0.15, 0.2) is 18.2 Å². The van der Waals surface area contributed by atoms with Crippen LogP contribution in [0, 0.1) is 12.7 Å². The lowest BCUT2D eigenvalue weighted by Gasteiger charge is -2.19. The summed E-state index contributed by atoms with van der Waals surface area (Å²) in [5, 5.41) is 3.44. The van der Waals surface area contributed by atoms with Crippen LogP contribution in [0.2, 0.25) is 0 Å². The van der Waals surface area contributed by atoms with Crippen molar-refractivity contribution >= 4 is 22.4 Å². The van der Waals surface area contributed by atoms with Gasteiger partial charge in [0.05, 0.1) is 16.3 Å². The van der Waals surface area contributed by atoms with E-state index in [9.17, 15) is 22.4 Å². The maximum absolute atomic E-state index is 13.5. The van der Waals surface area contributed by atoms with Gasteiger partial charge >= 0.3 is 12.3 Å². The minimum Gasteiger partial charge on any atom is -0.444 e. The molecule has 26 heavy (non-hydrogen) atoms. The first-order chi connectivity index (χ1) is 11.8. The van der Waals surface area contributed by atoms with Gasteiger partial charge in [-0.2, -0.15) is 13.2 Å². The van der Waals surface area contributed by atoms with Crippen LogP contribution in [0.1, 0.15) is 42.6 Å². The third-order valence-corrected chi connectivity index (χ3v) is 4.17. The van der Waals surface area contributed by atoms with Crippen molar-refractivity contribution in [3.05, 3.63) is 45.8 Å². The van der Waals surface area contributed by atoms with Crippen molar-refractivity contribution in [2.75, 3.05) is 5.32 Å². The van der Waals surface area contributed by atoms with Crippen LogP contribution in [0.3, 0.4) is 0 Å². The molecule has 0 saturated carbocycles. The van der Waals surface area contributed by atoms with E-state index in [-0.39, 0.29) is 12.0 Å². The van der Waals surface area contributed by atoms with Crippen molar-refractivity contribution in [2.45, 2.75) is 45.9 Å². The fraction of sp³-hybridized carbons (Fsp3) is 0.412. The lowest BCUT2D eigenvalue weighted by molar-refractivity contribution is -0.137. The zero-order valence-electron chi connectivity index (χ0n) is 14.6. The Morgan fingerprint density at radius 3 is 2.46 bits per heavy atom. The minimum atomic E-state index is -4.63. The Hall–Kier alpha value is -2.16. The molecule has 1 aromatic heterocycles. The second kappa shape index (κ2) is 7.22. The Morgan fingerprint density at radius 1 is 1.23 bits per heavy atom. The average molecular weight is 390 g/mol. The van der Waals surface area contributed by atoms with Crippen LogP contribution >= 0.6 is 11.3 Å².